The highest BCUT2D eigenvalue weighted by Gasteiger charge is 2.36. The first kappa shape index (κ1) is 16.4. The zero-order chi connectivity index (χ0) is 16.3. The van der Waals surface area contributed by atoms with E-state index in [9.17, 15) is 9.90 Å². The molecule has 0 saturated carbocycles. The fraction of sp³-hybridized carbons (Fsp3) is 0.583. The third-order valence-corrected chi connectivity index (χ3v) is 3.24. The second-order valence-corrected chi connectivity index (χ2v) is 4.68. The molecular weight excluding hydrogens is 294 g/mol. The van der Waals surface area contributed by atoms with Crippen LogP contribution < -0.4 is 11.3 Å². The summed E-state index contributed by atoms with van der Waals surface area (Å²) in [6, 6.07) is 0. The first-order valence-electron chi connectivity index (χ1n) is 6.59. The predicted octanol–water partition coefficient (Wildman–Crippen LogP) is -1.39. The van der Waals surface area contributed by atoms with Gasteiger partial charge in [-0.25, -0.2) is 4.98 Å². The third-order valence-electron chi connectivity index (χ3n) is 3.24. The van der Waals surface area contributed by atoms with E-state index >= 15 is 0 Å². The van der Waals surface area contributed by atoms with Gasteiger partial charge in [0.25, 0.3) is 5.56 Å². The lowest BCUT2D eigenvalue weighted by molar-refractivity contribution is -0.0541. The molecule has 1 aliphatic heterocycles. The van der Waals surface area contributed by atoms with Gasteiger partial charge in [-0.1, -0.05) is 0 Å². The number of anilines is 1. The number of nitrogens with one attached hydrogen (secondary N) is 1. The molecule has 1 unspecified atom stereocenters. The summed E-state index contributed by atoms with van der Waals surface area (Å²) in [4.78, 5) is 22.1. The SMILES string of the molecule is CO.COC[C@@H]1CC(O)[C@H](n2cnc3c(=O)[nH]c(N)nc32)O1. The Morgan fingerprint density at radius 2 is 2.32 bits per heavy atom. The molecule has 1 fully saturated rings. The van der Waals surface area contributed by atoms with Crippen LogP contribution in [0.5, 0.6) is 0 Å². The number of methoxy groups -OCH3 is 1. The molecule has 3 rings (SSSR count). The topological polar surface area (TPSA) is 149 Å². The van der Waals surface area contributed by atoms with Gasteiger partial charge in [0.05, 0.1) is 19.0 Å². The van der Waals surface area contributed by atoms with E-state index < -0.39 is 17.9 Å². The highest BCUT2D eigenvalue weighted by atomic mass is 16.6. The first-order chi connectivity index (χ1) is 10.6. The number of imidazole rings is 1. The van der Waals surface area contributed by atoms with Crippen molar-refractivity contribution in [1.82, 2.24) is 19.5 Å². The largest absolute Gasteiger partial charge is 0.400 e. The van der Waals surface area contributed by atoms with Crippen molar-refractivity contribution in [3.63, 3.8) is 0 Å². The quantitative estimate of drug-likeness (QED) is 0.541. The predicted molar refractivity (Wildman–Crippen MR) is 77.1 cm³/mol. The van der Waals surface area contributed by atoms with Crippen LogP contribution in [0.1, 0.15) is 12.6 Å². The Kier molecular flexibility index (Phi) is 5.08. The maximum absolute atomic E-state index is 11.7. The minimum atomic E-state index is -0.727. The molecule has 10 nitrogen and oxygen atoms in total. The number of fused-ring (bicyclic) bond motifs is 1. The van der Waals surface area contributed by atoms with Crippen LogP contribution in [0.3, 0.4) is 0 Å². The zero-order valence-electron chi connectivity index (χ0n) is 12.3. The first-order valence-corrected chi connectivity index (χ1v) is 6.59. The van der Waals surface area contributed by atoms with Crippen molar-refractivity contribution in [3.05, 3.63) is 16.7 Å². The van der Waals surface area contributed by atoms with E-state index in [1.165, 1.54) is 10.9 Å². The van der Waals surface area contributed by atoms with Crippen LogP contribution in [-0.4, -0.2) is 62.8 Å². The molecule has 0 amide bonds. The van der Waals surface area contributed by atoms with E-state index in [2.05, 4.69) is 15.0 Å². The van der Waals surface area contributed by atoms with Gasteiger partial charge in [-0.2, -0.15) is 4.98 Å². The number of aromatic nitrogens is 4. The van der Waals surface area contributed by atoms with Gasteiger partial charge >= 0.3 is 0 Å². The molecule has 0 aliphatic carbocycles. The summed E-state index contributed by atoms with van der Waals surface area (Å²) in [5, 5.41) is 17.1. The monoisotopic (exact) mass is 313 g/mol. The minimum Gasteiger partial charge on any atom is -0.400 e. The van der Waals surface area contributed by atoms with Gasteiger partial charge < -0.3 is 25.4 Å². The van der Waals surface area contributed by atoms with Gasteiger partial charge in [0, 0.05) is 20.6 Å². The van der Waals surface area contributed by atoms with Crippen LogP contribution in [0.15, 0.2) is 11.1 Å². The van der Waals surface area contributed by atoms with Gasteiger partial charge in [-0.3, -0.25) is 14.3 Å². The van der Waals surface area contributed by atoms with Crippen molar-refractivity contribution in [2.45, 2.75) is 24.9 Å². The summed E-state index contributed by atoms with van der Waals surface area (Å²) in [5.41, 5.74) is 5.55. The lowest BCUT2D eigenvalue weighted by Gasteiger charge is -2.16. The van der Waals surface area contributed by atoms with Crippen LogP contribution >= 0.6 is 0 Å². The summed E-state index contributed by atoms with van der Waals surface area (Å²) in [5.74, 6) is -0.00909. The summed E-state index contributed by atoms with van der Waals surface area (Å²) in [7, 11) is 2.57. The van der Waals surface area contributed by atoms with Crippen LogP contribution in [0.2, 0.25) is 0 Å². The van der Waals surface area contributed by atoms with Gasteiger partial charge in [-0.05, 0) is 0 Å². The minimum absolute atomic E-state index is 0.00909. The molecule has 1 saturated heterocycles. The van der Waals surface area contributed by atoms with Crippen LogP contribution in [0.25, 0.3) is 11.2 Å². The summed E-state index contributed by atoms with van der Waals surface area (Å²) >= 11 is 0. The summed E-state index contributed by atoms with van der Waals surface area (Å²) in [6.45, 7) is 0.385. The normalized spacial score (nSPS) is 24.3. The molecule has 5 N–H and O–H groups in total. The maximum atomic E-state index is 11.7. The summed E-state index contributed by atoms with van der Waals surface area (Å²) < 4.78 is 12.2. The molecule has 0 spiro atoms. The Morgan fingerprint density at radius 3 is 3.00 bits per heavy atom. The highest BCUT2D eigenvalue weighted by molar-refractivity contribution is 5.70. The standard InChI is InChI=1S/C11H15N5O4.CH4O/c1-19-3-5-2-6(17)10(20-5)16-4-13-7-8(16)14-11(12)15-9(7)18;1-2/h4-6,10,17H,2-3H2,1H3,(H3,12,14,15,18);2H,1H3/t5-,6?,10+;/m0./s1. The van der Waals surface area contributed by atoms with Gasteiger partial charge in [0.1, 0.15) is 6.10 Å². The Bertz CT molecular complexity index is 684. The fourth-order valence-electron chi connectivity index (χ4n) is 2.40. The molecule has 3 heterocycles. The molecule has 0 radical (unpaired) electrons. The van der Waals surface area contributed by atoms with E-state index in [4.69, 9.17) is 20.3 Å². The molecule has 0 bridgehead atoms. The Labute approximate surface area is 125 Å². The van der Waals surface area contributed by atoms with E-state index in [1.54, 1.807) is 7.11 Å². The second kappa shape index (κ2) is 6.83. The van der Waals surface area contributed by atoms with Crippen molar-refractivity contribution in [1.29, 1.82) is 0 Å². The van der Waals surface area contributed by atoms with Gasteiger partial charge in [0.15, 0.2) is 17.4 Å². The number of nitrogen functional groups attached to an aromatic ring is 1. The van der Waals surface area contributed by atoms with Crippen molar-refractivity contribution in [2.24, 2.45) is 0 Å². The van der Waals surface area contributed by atoms with Gasteiger partial charge in [0.2, 0.25) is 5.95 Å². The average Bonchev–Trinajstić information content (AvgIpc) is 3.05. The maximum Gasteiger partial charge on any atom is 0.280 e. The number of hydrogen-bond acceptors (Lipinski definition) is 8. The van der Waals surface area contributed by atoms with Crippen LogP contribution in [-0.2, 0) is 9.47 Å². The number of rotatable bonds is 3. The molecule has 10 heteroatoms. The van der Waals surface area contributed by atoms with Crippen molar-refractivity contribution < 1.29 is 19.7 Å². The second-order valence-electron chi connectivity index (χ2n) is 4.68. The zero-order valence-corrected chi connectivity index (χ0v) is 12.3. The number of nitrogens with two attached hydrogens (primary N) is 1. The van der Waals surface area contributed by atoms with Crippen molar-refractivity contribution in [2.75, 3.05) is 26.6 Å². The smallest absolute Gasteiger partial charge is 0.280 e. The van der Waals surface area contributed by atoms with Crippen molar-refractivity contribution >= 4 is 17.1 Å². The van der Waals surface area contributed by atoms with E-state index in [-0.39, 0.29) is 23.2 Å². The number of aromatic amines is 1. The van der Waals surface area contributed by atoms with E-state index in [0.717, 1.165) is 7.11 Å². The number of aliphatic hydroxyl groups is 2. The molecule has 22 heavy (non-hydrogen) atoms. The average molecular weight is 313 g/mol. The number of ether oxygens (including phenoxy) is 2. The van der Waals surface area contributed by atoms with Crippen LogP contribution in [0.4, 0.5) is 5.95 Å². The van der Waals surface area contributed by atoms with E-state index in [0.29, 0.717) is 13.0 Å². The molecule has 0 aromatic carbocycles. The molecule has 2 aromatic rings. The molecule has 3 atom stereocenters. The Morgan fingerprint density at radius 1 is 1.59 bits per heavy atom. The molecule has 122 valence electrons. The number of nitrogens with zero attached hydrogens (tertiary/aromatic N) is 3. The lowest BCUT2D eigenvalue weighted by Crippen LogP contribution is -2.20. The fourth-order valence-corrected chi connectivity index (χ4v) is 2.40. The Balaban J connectivity index is 0.000000847. The molecule has 1 aliphatic rings. The summed E-state index contributed by atoms with van der Waals surface area (Å²) in [6.07, 6.45) is 0.257. The van der Waals surface area contributed by atoms with E-state index in [1.807, 2.05) is 0 Å². The molecular formula is C12H19N5O5. The van der Waals surface area contributed by atoms with Crippen molar-refractivity contribution in [3.8, 4) is 0 Å². The number of H-pyrrole nitrogens is 1. The third kappa shape index (κ3) is 2.95. The number of aliphatic hydroxyl groups excluding tert-OH is 2. The van der Waals surface area contributed by atoms with Crippen LogP contribution in [0, 0.1) is 0 Å². The highest BCUT2D eigenvalue weighted by Crippen LogP contribution is 2.30. The Hall–Kier alpha value is -2.01. The van der Waals surface area contributed by atoms with Gasteiger partial charge in [-0.15, -0.1) is 0 Å². The lowest BCUT2D eigenvalue weighted by atomic mass is 10.2. The number of hydrogen-bond donors (Lipinski definition) is 4. The molecule has 2 aromatic heterocycles.